The summed E-state index contributed by atoms with van der Waals surface area (Å²) < 4.78 is 17.7. The average molecular weight is 195 g/mol. The standard InChI is InChI=1S/C11H14FNO/c1-8(13-11-6-14-7-11)9-2-4-10(12)5-3-9/h2-5,8,11,13H,6-7H2,1H3. The molecule has 2 rings (SSSR count). The fourth-order valence-electron chi connectivity index (χ4n) is 1.53. The summed E-state index contributed by atoms with van der Waals surface area (Å²) in [6, 6.07) is 7.31. The summed E-state index contributed by atoms with van der Waals surface area (Å²) in [6.45, 7) is 3.64. The molecule has 1 atom stereocenters. The predicted molar refractivity (Wildman–Crippen MR) is 52.6 cm³/mol. The highest BCUT2D eigenvalue weighted by Gasteiger charge is 2.20. The zero-order valence-corrected chi connectivity index (χ0v) is 8.16. The lowest BCUT2D eigenvalue weighted by Gasteiger charge is -2.30. The minimum Gasteiger partial charge on any atom is -0.378 e. The Morgan fingerprint density at radius 3 is 2.50 bits per heavy atom. The molecule has 0 saturated carbocycles. The molecule has 1 fully saturated rings. The van der Waals surface area contributed by atoms with Crippen molar-refractivity contribution in [3.8, 4) is 0 Å². The van der Waals surface area contributed by atoms with Gasteiger partial charge in [-0.2, -0.15) is 0 Å². The number of hydrogen-bond acceptors (Lipinski definition) is 2. The van der Waals surface area contributed by atoms with E-state index >= 15 is 0 Å². The molecular formula is C11H14FNO. The Labute approximate surface area is 83.1 Å². The van der Waals surface area contributed by atoms with E-state index in [9.17, 15) is 4.39 Å². The fraction of sp³-hybridized carbons (Fsp3) is 0.455. The maximum atomic E-state index is 12.6. The van der Waals surface area contributed by atoms with Gasteiger partial charge in [-0.05, 0) is 24.6 Å². The van der Waals surface area contributed by atoms with Gasteiger partial charge in [0.05, 0.1) is 19.3 Å². The van der Waals surface area contributed by atoms with Crippen LogP contribution >= 0.6 is 0 Å². The summed E-state index contributed by atoms with van der Waals surface area (Å²) >= 11 is 0. The van der Waals surface area contributed by atoms with E-state index in [0.717, 1.165) is 18.8 Å². The first-order valence-electron chi connectivity index (χ1n) is 4.85. The molecule has 0 radical (unpaired) electrons. The van der Waals surface area contributed by atoms with E-state index in [1.54, 1.807) is 0 Å². The molecule has 1 aliphatic heterocycles. The Kier molecular flexibility index (Phi) is 2.79. The minimum absolute atomic E-state index is 0.187. The Bertz CT molecular complexity index is 295. The van der Waals surface area contributed by atoms with E-state index in [-0.39, 0.29) is 11.9 Å². The molecule has 76 valence electrons. The van der Waals surface area contributed by atoms with E-state index < -0.39 is 0 Å². The summed E-state index contributed by atoms with van der Waals surface area (Å²) in [7, 11) is 0. The van der Waals surface area contributed by atoms with Crippen molar-refractivity contribution in [2.75, 3.05) is 13.2 Å². The van der Waals surface area contributed by atoms with E-state index in [1.165, 1.54) is 12.1 Å². The van der Waals surface area contributed by atoms with Crippen LogP contribution in [0, 0.1) is 5.82 Å². The van der Waals surface area contributed by atoms with Crippen LogP contribution in [0.15, 0.2) is 24.3 Å². The van der Waals surface area contributed by atoms with Crippen LogP contribution in [0.4, 0.5) is 4.39 Å². The van der Waals surface area contributed by atoms with Crippen LogP contribution in [0.2, 0.25) is 0 Å². The molecular weight excluding hydrogens is 181 g/mol. The summed E-state index contributed by atoms with van der Waals surface area (Å²) in [4.78, 5) is 0. The molecule has 0 aliphatic carbocycles. The van der Waals surface area contributed by atoms with Crippen LogP contribution in [0.3, 0.4) is 0 Å². The summed E-state index contributed by atoms with van der Waals surface area (Å²) in [5.41, 5.74) is 1.11. The molecule has 0 spiro atoms. The Hall–Kier alpha value is -0.930. The van der Waals surface area contributed by atoms with E-state index in [2.05, 4.69) is 12.2 Å². The zero-order chi connectivity index (χ0) is 9.97. The molecule has 0 amide bonds. The Balaban J connectivity index is 1.95. The maximum Gasteiger partial charge on any atom is 0.123 e. The molecule has 0 bridgehead atoms. The Morgan fingerprint density at radius 2 is 2.00 bits per heavy atom. The van der Waals surface area contributed by atoms with Gasteiger partial charge in [0.25, 0.3) is 0 Å². The number of halogens is 1. The molecule has 3 heteroatoms. The second-order valence-electron chi connectivity index (χ2n) is 3.67. The quantitative estimate of drug-likeness (QED) is 0.795. The lowest BCUT2D eigenvalue weighted by molar-refractivity contribution is -0.00925. The van der Waals surface area contributed by atoms with Gasteiger partial charge >= 0.3 is 0 Å². The van der Waals surface area contributed by atoms with Gasteiger partial charge in [-0.15, -0.1) is 0 Å². The molecule has 1 unspecified atom stereocenters. The lowest BCUT2D eigenvalue weighted by atomic mass is 10.1. The number of rotatable bonds is 3. The number of ether oxygens (including phenoxy) is 1. The van der Waals surface area contributed by atoms with Crippen molar-refractivity contribution in [3.05, 3.63) is 35.6 Å². The van der Waals surface area contributed by atoms with Crippen molar-refractivity contribution < 1.29 is 9.13 Å². The monoisotopic (exact) mass is 195 g/mol. The highest BCUT2D eigenvalue weighted by Crippen LogP contribution is 2.15. The molecule has 14 heavy (non-hydrogen) atoms. The van der Waals surface area contributed by atoms with Crippen molar-refractivity contribution in [3.63, 3.8) is 0 Å². The maximum absolute atomic E-state index is 12.6. The van der Waals surface area contributed by atoms with Gasteiger partial charge in [0.2, 0.25) is 0 Å². The molecule has 1 aromatic rings. The molecule has 2 nitrogen and oxygen atoms in total. The first-order chi connectivity index (χ1) is 6.75. The minimum atomic E-state index is -0.187. The second-order valence-corrected chi connectivity index (χ2v) is 3.67. The molecule has 1 heterocycles. The molecule has 0 aromatic heterocycles. The smallest absolute Gasteiger partial charge is 0.123 e. The normalized spacial score (nSPS) is 19.0. The highest BCUT2D eigenvalue weighted by molar-refractivity contribution is 5.19. The third-order valence-corrected chi connectivity index (χ3v) is 2.49. The van der Waals surface area contributed by atoms with E-state index in [0.29, 0.717) is 6.04 Å². The van der Waals surface area contributed by atoms with Crippen molar-refractivity contribution in [2.24, 2.45) is 0 Å². The van der Waals surface area contributed by atoms with E-state index in [1.807, 2.05) is 12.1 Å². The van der Waals surface area contributed by atoms with Crippen molar-refractivity contribution in [1.29, 1.82) is 0 Å². The van der Waals surface area contributed by atoms with Gasteiger partial charge in [-0.1, -0.05) is 12.1 Å². The SMILES string of the molecule is CC(NC1COC1)c1ccc(F)cc1. The molecule has 1 aromatic carbocycles. The van der Waals surface area contributed by atoms with Crippen LogP contribution in [0.5, 0.6) is 0 Å². The first kappa shape index (κ1) is 9.62. The van der Waals surface area contributed by atoms with Crippen LogP contribution in [-0.4, -0.2) is 19.3 Å². The van der Waals surface area contributed by atoms with E-state index in [4.69, 9.17) is 4.74 Å². The summed E-state index contributed by atoms with van der Waals surface area (Å²) in [5.74, 6) is -0.187. The third-order valence-electron chi connectivity index (χ3n) is 2.49. The van der Waals surface area contributed by atoms with Gasteiger partial charge in [0, 0.05) is 6.04 Å². The first-order valence-corrected chi connectivity index (χ1v) is 4.85. The van der Waals surface area contributed by atoms with Crippen LogP contribution in [0.1, 0.15) is 18.5 Å². The van der Waals surface area contributed by atoms with Crippen molar-refractivity contribution >= 4 is 0 Å². The largest absolute Gasteiger partial charge is 0.378 e. The van der Waals surface area contributed by atoms with Gasteiger partial charge < -0.3 is 10.1 Å². The molecule has 1 saturated heterocycles. The van der Waals surface area contributed by atoms with Gasteiger partial charge in [-0.25, -0.2) is 4.39 Å². The number of benzene rings is 1. The summed E-state index contributed by atoms with van der Waals surface area (Å²) in [6.07, 6.45) is 0. The van der Waals surface area contributed by atoms with Gasteiger partial charge in [0.15, 0.2) is 0 Å². The Morgan fingerprint density at radius 1 is 1.36 bits per heavy atom. The number of hydrogen-bond donors (Lipinski definition) is 1. The topological polar surface area (TPSA) is 21.3 Å². The second kappa shape index (κ2) is 4.07. The predicted octanol–water partition coefficient (Wildman–Crippen LogP) is 1.88. The van der Waals surface area contributed by atoms with Crippen LogP contribution in [-0.2, 0) is 4.74 Å². The lowest BCUT2D eigenvalue weighted by Crippen LogP contribution is -2.46. The van der Waals surface area contributed by atoms with Crippen LogP contribution in [0.25, 0.3) is 0 Å². The van der Waals surface area contributed by atoms with Gasteiger partial charge in [0.1, 0.15) is 5.82 Å². The fourth-order valence-corrected chi connectivity index (χ4v) is 1.53. The highest BCUT2D eigenvalue weighted by atomic mass is 19.1. The zero-order valence-electron chi connectivity index (χ0n) is 8.16. The molecule has 1 N–H and O–H groups in total. The summed E-state index contributed by atoms with van der Waals surface area (Å²) in [5, 5.41) is 3.40. The van der Waals surface area contributed by atoms with Crippen molar-refractivity contribution in [2.45, 2.75) is 19.0 Å². The molecule has 1 aliphatic rings. The average Bonchev–Trinajstić information content (AvgIpc) is 2.12. The van der Waals surface area contributed by atoms with Crippen molar-refractivity contribution in [1.82, 2.24) is 5.32 Å². The van der Waals surface area contributed by atoms with Gasteiger partial charge in [-0.3, -0.25) is 0 Å². The van der Waals surface area contributed by atoms with Crippen LogP contribution < -0.4 is 5.32 Å². The third kappa shape index (κ3) is 2.11. The number of nitrogens with one attached hydrogen (secondary N) is 1.